The van der Waals surface area contributed by atoms with Crippen LogP contribution in [0.3, 0.4) is 0 Å². The molecular formula is C26H26ClNO3. The number of methoxy groups -OCH3 is 1. The van der Waals surface area contributed by atoms with E-state index in [4.69, 9.17) is 21.1 Å². The van der Waals surface area contributed by atoms with E-state index in [0.29, 0.717) is 29.0 Å². The van der Waals surface area contributed by atoms with E-state index in [-0.39, 0.29) is 5.91 Å². The summed E-state index contributed by atoms with van der Waals surface area (Å²) in [6.07, 6.45) is 3.26. The molecule has 0 heterocycles. The second-order valence-corrected chi connectivity index (χ2v) is 7.83. The van der Waals surface area contributed by atoms with Gasteiger partial charge in [-0.3, -0.25) is 4.79 Å². The molecule has 4 nitrogen and oxygen atoms in total. The number of para-hydroxylation sites is 1. The van der Waals surface area contributed by atoms with Crippen LogP contribution in [0.15, 0.2) is 72.8 Å². The van der Waals surface area contributed by atoms with Crippen LogP contribution in [0.4, 0.5) is 5.69 Å². The van der Waals surface area contributed by atoms with Crippen molar-refractivity contribution in [2.24, 2.45) is 0 Å². The first kappa shape index (κ1) is 22.4. The van der Waals surface area contributed by atoms with Gasteiger partial charge in [-0.05, 0) is 59.0 Å². The minimum absolute atomic E-state index is 0.185. The predicted molar refractivity (Wildman–Crippen MR) is 127 cm³/mol. The molecule has 0 atom stereocenters. The molecule has 1 N–H and O–H groups in total. The quantitative estimate of drug-likeness (QED) is 0.400. The number of benzene rings is 3. The first-order valence-corrected chi connectivity index (χ1v) is 10.5. The molecule has 0 saturated heterocycles. The van der Waals surface area contributed by atoms with Gasteiger partial charge in [-0.25, -0.2) is 0 Å². The maximum Gasteiger partial charge on any atom is 0.248 e. The van der Waals surface area contributed by atoms with Gasteiger partial charge >= 0.3 is 0 Å². The Morgan fingerprint density at radius 2 is 1.77 bits per heavy atom. The summed E-state index contributed by atoms with van der Waals surface area (Å²) in [5.41, 5.74) is 3.78. The molecular weight excluding hydrogens is 410 g/mol. The average Bonchev–Trinajstić information content (AvgIpc) is 2.77. The zero-order valence-electron chi connectivity index (χ0n) is 17.9. The fraction of sp³-hybridized carbons (Fsp3) is 0.192. The van der Waals surface area contributed by atoms with Crippen molar-refractivity contribution in [1.82, 2.24) is 0 Å². The lowest BCUT2D eigenvalue weighted by atomic mass is 10.0. The highest BCUT2D eigenvalue weighted by molar-refractivity contribution is 6.30. The fourth-order valence-corrected chi connectivity index (χ4v) is 3.24. The van der Waals surface area contributed by atoms with E-state index in [1.807, 2.05) is 66.7 Å². The number of ether oxygens (including phenoxy) is 2. The van der Waals surface area contributed by atoms with Gasteiger partial charge in [-0.1, -0.05) is 61.8 Å². The number of amides is 1. The Kier molecular flexibility index (Phi) is 7.74. The number of carbonyl (C=O) groups excluding carboxylic acids is 1. The van der Waals surface area contributed by atoms with Crippen molar-refractivity contribution in [3.63, 3.8) is 0 Å². The summed E-state index contributed by atoms with van der Waals surface area (Å²) in [6, 6.07) is 20.9. The van der Waals surface area contributed by atoms with Gasteiger partial charge in [-0.2, -0.15) is 0 Å². The van der Waals surface area contributed by atoms with Gasteiger partial charge < -0.3 is 14.8 Å². The van der Waals surface area contributed by atoms with Gasteiger partial charge in [0.25, 0.3) is 0 Å². The lowest BCUT2D eigenvalue weighted by molar-refractivity contribution is -0.111. The third-order valence-corrected chi connectivity index (χ3v) is 5.02. The van der Waals surface area contributed by atoms with Gasteiger partial charge in [0.2, 0.25) is 5.91 Å². The summed E-state index contributed by atoms with van der Waals surface area (Å²) in [7, 11) is 1.59. The van der Waals surface area contributed by atoms with Crippen molar-refractivity contribution in [3.05, 3.63) is 94.5 Å². The Labute approximate surface area is 188 Å². The van der Waals surface area contributed by atoms with Crippen molar-refractivity contribution in [3.8, 4) is 11.5 Å². The maximum absolute atomic E-state index is 12.4. The van der Waals surface area contributed by atoms with Gasteiger partial charge in [0.05, 0.1) is 7.11 Å². The van der Waals surface area contributed by atoms with Crippen LogP contribution in [0.1, 0.15) is 36.5 Å². The lowest BCUT2D eigenvalue weighted by Crippen LogP contribution is -2.10. The van der Waals surface area contributed by atoms with Crippen LogP contribution in [0.25, 0.3) is 6.08 Å². The number of carbonyl (C=O) groups is 1. The third kappa shape index (κ3) is 6.37. The molecule has 3 rings (SSSR count). The van der Waals surface area contributed by atoms with E-state index in [2.05, 4.69) is 19.2 Å². The van der Waals surface area contributed by atoms with Crippen molar-refractivity contribution in [1.29, 1.82) is 0 Å². The predicted octanol–water partition coefficient (Wildman–Crippen LogP) is 6.70. The Morgan fingerprint density at radius 3 is 2.48 bits per heavy atom. The van der Waals surface area contributed by atoms with E-state index in [1.54, 1.807) is 13.2 Å². The monoisotopic (exact) mass is 435 g/mol. The summed E-state index contributed by atoms with van der Waals surface area (Å²) in [6.45, 7) is 4.60. The normalized spacial score (nSPS) is 11.0. The minimum Gasteiger partial charge on any atom is -0.493 e. The zero-order valence-corrected chi connectivity index (χ0v) is 18.6. The summed E-state index contributed by atoms with van der Waals surface area (Å²) >= 11 is 5.92. The second kappa shape index (κ2) is 10.7. The number of rotatable bonds is 8. The first-order chi connectivity index (χ1) is 15.0. The van der Waals surface area contributed by atoms with E-state index < -0.39 is 0 Å². The van der Waals surface area contributed by atoms with E-state index >= 15 is 0 Å². The van der Waals surface area contributed by atoms with Crippen LogP contribution in [0.5, 0.6) is 11.5 Å². The summed E-state index contributed by atoms with van der Waals surface area (Å²) in [4.78, 5) is 12.4. The molecule has 31 heavy (non-hydrogen) atoms. The van der Waals surface area contributed by atoms with E-state index in [9.17, 15) is 4.79 Å². The van der Waals surface area contributed by atoms with Crippen molar-refractivity contribution in [2.45, 2.75) is 26.4 Å². The molecule has 0 radical (unpaired) electrons. The van der Waals surface area contributed by atoms with Gasteiger partial charge in [-0.15, -0.1) is 0 Å². The van der Waals surface area contributed by atoms with E-state index in [0.717, 1.165) is 22.4 Å². The molecule has 0 fully saturated rings. The first-order valence-electron chi connectivity index (χ1n) is 10.1. The molecule has 3 aromatic rings. The zero-order chi connectivity index (χ0) is 22.2. The smallest absolute Gasteiger partial charge is 0.248 e. The molecule has 5 heteroatoms. The van der Waals surface area contributed by atoms with Gasteiger partial charge in [0.1, 0.15) is 6.61 Å². The largest absolute Gasteiger partial charge is 0.493 e. The van der Waals surface area contributed by atoms with Crippen LogP contribution >= 0.6 is 11.6 Å². The molecule has 0 aliphatic carbocycles. The summed E-state index contributed by atoms with van der Waals surface area (Å²) < 4.78 is 11.3. The van der Waals surface area contributed by atoms with E-state index in [1.165, 1.54) is 6.08 Å². The number of halogens is 1. The molecule has 0 aliphatic heterocycles. The van der Waals surface area contributed by atoms with Crippen LogP contribution in [-0.4, -0.2) is 13.0 Å². The van der Waals surface area contributed by atoms with Crippen molar-refractivity contribution in [2.75, 3.05) is 12.4 Å². The molecule has 0 spiro atoms. The Balaban J connectivity index is 1.65. The number of hydrogen-bond donors (Lipinski definition) is 1. The molecule has 0 unspecified atom stereocenters. The second-order valence-electron chi connectivity index (χ2n) is 7.39. The van der Waals surface area contributed by atoms with Crippen LogP contribution in [0.2, 0.25) is 5.02 Å². The van der Waals surface area contributed by atoms with Crippen molar-refractivity contribution >= 4 is 29.3 Å². The van der Waals surface area contributed by atoms with Crippen LogP contribution in [-0.2, 0) is 11.4 Å². The third-order valence-electron chi connectivity index (χ3n) is 4.76. The number of hydrogen-bond acceptors (Lipinski definition) is 3. The maximum atomic E-state index is 12.4. The Morgan fingerprint density at radius 1 is 1.03 bits per heavy atom. The number of nitrogens with one attached hydrogen (secondary N) is 1. The molecule has 1 amide bonds. The molecule has 3 aromatic carbocycles. The average molecular weight is 436 g/mol. The molecule has 160 valence electrons. The Hall–Kier alpha value is -3.24. The lowest BCUT2D eigenvalue weighted by Gasteiger charge is -2.12. The highest BCUT2D eigenvalue weighted by Gasteiger charge is 2.08. The highest BCUT2D eigenvalue weighted by Crippen LogP contribution is 2.29. The Bertz CT molecular complexity index is 1060. The standard InChI is InChI=1S/C26H26ClNO3/c1-18(2)22-6-4-5-7-23(22)28-26(29)15-11-19-10-14-24(25(16-19)30-3)31-17-20-8-12-21(27)13-9-20/h4-16,18H,17H2,1-3H3,(H,28,29). The SMILES string of the molecule is COc1cc(C=CC(=O)Nc2ccccc2C(C)C)ccc1OCc1ccc(Cl)cc1. The number of anilines is 1. The van der Waals surface area contributed by atoms with Crippen LogP contribution < -0.4 is 14.8 Å². The summed E-state index contributed by atoms with van der Waals surface area (Å²) in [5.74, 6) is 1.37. The topological polar surface area (TPSA) is 47.6 Å². The molecule has 0 aliphatic rings. The molecule has 0 bridgehead atoms. The fourth-order valence-electron chi connectivity index (χ4n) is 3.11. The summed E-state index contributed by atoms with van der Waals surface area (Å²) in [5, 5.41) is 3.64. The molecule has 0 saturated carbocycles. The van der Waals surface area contributed by atoms with Gasteiger partial charge in [0, 0.05) is 16.8 Å². The highest BCUT2D eigenvalue weighted by atomic mass is 35.5. The molecule has 0 aromatic heterocycles. The van der Waals surface area contributed by atoms with Crippen molar-refractivity contribution < 1.29 is 14.3 Å². The van der Waals surface area contributed by atoms with Crippen LogP contribution in [0, 0.1) is 0 Å². The minimum atomic E-state index is -0.185. The van der Waals surface area contributed by atoms with Gasteiger partial charge in [0.15, 0.2) is 11.5 Å².